The molecule has 1 aliphatic rings. The Hall–Kier alpha value is -1.79. The van der Waals surface area contributed by atoms with Crippen molar-refractivity contribution in [2.24, 2.45) is 5.10 Å². The number of hydrazone groups is 1. The number of benzene rings is 1. The zero-order valence-electron chi connectivity index (χ0n) is 10.4. The fourth-order valence-electron chi connectivity index (χ4n) is 2.07. The van der Waals surface area contributed by atoms with E-state index in [9.17, 15) is 9.90 Å². The Morgan fingerprint density at radius 3 is 2.95 bits per heavy atom. The van der Waals surface area contributed by atoms with Crippen molar-refractivity contribution in [3.8, 4) is 5.88 Å². The van der Waals surface area contributed by atoms with E-state index >= 15 is 0 Å². The van der Waals surface area contributed by atoms with Gasteiger partial charge in [-0.05, 0) is 25.1 Å². The van der Waals surface area contributed by atoms with Gasteiger partial charge in [0, 0.05) is 17.0 Å². The van der Waals surface area contributed by atoms with E-state index in [1.807, 2.05) is 13.0 Å². The SMILES string of the molecule is CC1SC(=O)NN=C1c1cc(Cl)c2nc(O)ccc2c1. The molecule has 3 rings (SSSR count). The molecule has 2 aromatic rings. The first-order valence-corrected chi connectivity index (χ1v) is 7.14. The van der Waals surface area contributed by atoms with Crippen molar-refractivity contribution in [1.29, 1.82) is 0 Å². The average Bonchev–Trinajstić information content (AvgIpc) is 2.39. The lowest BCUT2D eigenvalue weighted by atomic mass is 10.0. The van der Waals surface area contributed by atoms with Crippen LogP contribution in [0.4, 0.5) is 4.79 Å². The Bertz CT molecular complexity index is 748. The zero-order valence-corrected chi connectivity index (χ0v) is 12.0. The molecule has 2 heterocycles. The molecule has 7 heteroatoms. The number of pyridine rings is 1. The van der Waals surface area contributed by atoms with Gasteiger partial charge in [-0.1, -0.05) is 23.4 Å². The van der Waals surface area contributed by atoms with Crippen LogP contribution in [0.2, 0.25) is 5.02 Å². The second-order valence-corrected chi connectivity index (χ2v) is 6.08. The molecule has 0 aliphatic carbocycles. The van der Waals surface area contributed by atoms with Gasteiger partial charge in [-0.25, -0.2) is 10.4 Å². The van der Waals surface area contributed by atoms with Gasteiger partial charge in [-0.2, -0.15) is 5.10 Å². The Morgan fingerprint density at radius 2 is 2.20 bits per heavy atom. The van der Waals surface area contributed by atoms with E-state index in [-0.39, 0.29) is 16.4 Å². The molecule has 2 N–H and O–H groups in total. The summed E-state index contributed by atoms with van der Waals surface area (Å²) in [6.45, 7) is 1.91. The summed E-state index contributed by atoms with van der Waals surface area (Å²) in [5.41, 5.74) is 4.57. The molecule has 20 heavy (non-hydrogen) atoms. The van der Waals surface area contributed by atoms with Gasteiger partial charge in [0.05, 0.1) is 21.5 Å². The van der Waals surface area contributed by atoms with Crippen LogP contribution in [0.25, 0.3) is 10.9 Å². The number of carbonyl (C=O) groups excluding carboxylic acids is 1. The third-order valence-electron chi connectivity index (χ3n) is 2.96. The largest absolute Gasteiger partial charge is 0.493 e. The third-order valence-corrected chi connectivity index (χ3v) is 4.13. The van der Waals surface area contributed by atoms with Crippen molar-refractivity contribution in [2.45, 2.75) is 12.2 Å². The van der Waals surface area contributed by atoms with Crippen LogP contribution in [0.1, 0.15) is 12.5 Å². The van der Waals surface area contributed by atoms with Gasteiger partial charge in [0.1, 0.15) is 0 Å². The number of nitrogens with zero attached hydrogens (tertiary/aromatic N) is 2. The first-order valence-electron chi connectivity index (χ1n) is 5.88. The molecule has 0 radical (unpaired) electrons. The van der Waals surface area contributed by atoms with Crippen molar-refractivity contribution >= 4 is 45.2 Å². The smallest absolute Gasteiger partial charge is 0.299 e. The summed E-state index contributed by atoms with van der Waals surface area (Å²) in [4.78, 5) is 15.2. The zero-order chi connectivity index (χ0) is 14.3. The molecule has 0 fully saturated rings. The molecule has 0 saturated heterocycles. The average molecular weight is 308 g/mol. The molecule has 1 aromatic carbocycles. The highest BCUT2D eigenvalue weighted by atomic mass is 35.5. The number of amides is 1. The van der Waals surface area contributed by atoms with Crippen LogP contribution in [0.5, 0.6) is 5.88 Å². The number of nitrogens with one attached hydrogen (secondary N) is 1. The van der Waals surface area contributed by atoms with Gasteiger partial charge in [0.2, 0.25) is 5.88 Å². The van der Waals surface area contributed by atoms with Crippen molar-refractivity contribution in [3.05, 3.63) is 34.9 Å². The van der Waals surface area contributed by atoms with Gasteiger partial charge in [0.25, 0.3) is 5.24 Å². The van der Waals surface area contributed by atoms with Crippen LogP contribution >= 0.6 is 23.4 Å². The number of aromatic nitrogens is 1. The fourth-order valence-corrected chi connectivity index (χ4v) is 3.06. The predicted molar refractivity (Wildman–Crippen MR) is 80.5 cm³/mol. The predicted octanol–water partition coefficient (Wildman–Crippen LogP) is 3.14. The van der Waals surface area contributed by atoms with Gasteiger partial charge in [-0.3, -0.25) is 4.79 Å². The summed E-state index contributed by atoms with van der Waals surface area (Å²) in [5, 5.41) is 14.5. The van der Waals surface area contributed by atoms with Crippen LogP contribution in [0, 0.1) is 0 Å². The van der Waals surface area contributed by atoms with Crippen LogP contribution < -0.4 is 5.43 Å². The Labute approximate surface area is 124 Å². The van der Waals surface area contributed by atoms with Gasteiger partial charge >= 0.3 is 0 Å². The number of carbonyl (C=O) groups is 1. The summed E-state index contributed by atoms with van der Waals surface area (Å²) in [5.74, 6) is -0.0710. The molecule has 1 aromatic heterocycles. The van der Waals surface area contributed by atoms with E-state index in [4.69, 9.17) is 11.6 Å². The number of halogens is 1. The van der Waals surface area contributed by atoms with Crippen molar-refractivity contribution in [1.82, 2.24) is 10.4 Å². The summed E-state index contributed by atoms with van der Waals surface area (Å²) in [7, 11) is 0. The van der Waals surface area contributed by atoms with E-state index in [0.29, 0.717) is 10.5 Å². The fraction of sp³-hybridized carbons (Fsp3) is 0.154. The van der Waals surface area contributed by atoms with Crippen molar-refractivity contribution in [3.63, 3.8) is 0 Å². The first kappa shape index (κ1) is 13.2. The lowest BCUT2D eigenvalue weighted by molar-refractivity contribution is 0.261. The molecular formula is C13H10ClN3O2S. The minimum absolute atomic E-state index is 0.0534. The standard InChI is InChI=1S/C13H10ClN3O2S/c1-6-11(16-17-13(19)20-6)8-4-7-2-3-10(18)15-12(7)9(14)5-8/h2-6H,1H3,(H,15,18)(H,17,19). The number of hydrogen-bond acceptors (Lipinski definition) is 5. The van der Waals surface area contributed by atoms with Crippen LogP contribution in [-0.2, 0) is 0 Å². The maximum Gasteiger partial charge on any atom is 0.299 e. The van der Waals surface area contributed by atoms with Crippen LogP contribution in [0.15, 0.2) is 29.4 Å². The molecule has 0 saturated carbocycles. The van der Waals surface area contributed by atoms with E-state index in [1.54, 1.807) is 12.1 Å². The normalized spacial score (nSPS) is 18.8. The van der Waals surface area contributed by atoms with E-state index in [2.05, 4.69) is 15.5 Å². The Balaban J connectivity index is 2.14. The van der Waals surface area contributed by atoms with Crippen molar-refractivity contribution in [2.75, 3.05) is 0 Å². The molecule has 0 spiro atoms. The molecule has 1 aliphatic heterocycles. The minimum atomic E-state index is -0.167. The number of aromatic hydroxyl groups is 1. The first-order chi connectivity index (χ1) is 9.54. The highest BCUT2D eigenvalue weighted by molar-refractivity contribution is 8.14. The monoisotopic (exact) mass is 307 g/mol. The summed E-state index contributed by atoms with van der Waals surface area (Å²) in [6.07, 6.45) is 0. The lowest BCUT2D eigenvalue weighted by Gasteiger charge is -2.19. The van der Waals surface area contributed by atoms with Crippen LogP contribution in [0.3, 0.4) is 0 Å². The molecule has 102 valence electrons. The Morgan fingerprint density at radius 1 is 1.40 bits per heavy atom. The molecule has 1 unspecified atom stereocenters. The highest BCUT2D eigenvalue weighted by Gasteiger charge is 2.23. The molecule has 0 bridgehead atoms. The Kier molecular flexibility index (Phi) is 3.27. The van der Waals surface area contributed by atoms with Gasteiger partial charge in [-0.15, -0.1) is 0 Å². The summed E-state index contributed by atoms with van der Waals surface area (Å²) < 4.78 is 0. The summed E-state index contributed by atoms with van der Waals surface area (Å²) in [6, 6.07) is 6.88. The maximum atomic E-state index is 11.2. The number of thioether (sulfide) groups is 1. The van der Waals surface area contributed by atoms with Gasteiger partial charge in [0.15, 0.2) is 0 Å². The molecule has 1 amide bonds. The second-order valence-electron chi connectivity index (χ2n) is 4.36. The van der Waals surface area contributed by atoms with E-state index in [1.165, 1.54) is 17.8 Å². The van der Waals surface area contributed by atoms with E-state index in [0.717, 1.165) is 16.7 Å². The topological polar surface area (TPSA) is 74.6 Å². The quantitative estimate of drug-likeness (QED) is 0.848. The number of rotatable bonds is 1. The minimum Gasteiger partial charge on any atom is -0.493 e. The highest BCUT2D eigenvalue weighted by Crippen LogP contribution is 2.29. The van der Waals surface area contributed by atoms with Crippen molar-refractivity contribution < 1.29 is 9.90 Å². The third kappa shape index (κ3) is 2.32. The summed E-state index contributed by atoms with van der Waals surface area (Å²) >= 11 is 7.39. The molecule has 1 atom stereocenters. The van der Waals surface area contributed by atoms with Gasteiger partial charge < -0.3 is 5.11 Å². The lowest BCUT2D eigenvalue weighted by Crippen LogP contribution is -2.29. The number of hydrogen-bond donors (Lipinski definition) is 2. The second kappa shape index (κ2) is 4.96. The molecular weight excluding hydrogens is 298 g/mol. The molecule has 5 nitrogen and oxygen atoms in total. The van der Waals surface area contributed by atoms with E-state index < -0.39 is 0 Å². The maximum absolute atomic E-state index is 11.2. The van der Waals surface area contributed by atoms with Crippen LogP contribution in [-0.4, -0.2) is 26.3 Å². The number of fused-ring (bicyclic) bond motifs is 1.